The van der Waals surface area contributed by atoms with Crippen molar-refractivity contribution in [3.05, 3.63) is 70.9 Å². The average molecular weight is 380 g/mol. The average Bonchev–Trinajstić information content (AvgIpc) is 3.02. The van der Waals surface area contributed by atoms with E-state index in [0.717, 1.165) is 22.0 Å². The summed E-state index contributed by atoms with van der Waals surface area (Å²) in [5.41, 5.74) is 2.66. The van der Waals surface area contributed by atoms with E-state index in [9.17, 15) is 9.59 Å². The molecular formula is C23H22ClNO2. The lowest BCUT2D eigenvalue weighted by Crippen LogP contribution is -2.41. The zero-order chi connectivity index (χ0) is 19.2. The molecule has 3 aromatic rings. The maximum Gasteiger partial charge on any atom is 0.144 e. The molecule has 0 spiro atoms. The Bertz CT molecular complexity index is 996. The lowest BCUT2D eigenvalue weighted by atomic mass is 9.65. The summed E-state index contributed by atoms with van der Waals surface area (Å²) < 4.78 is 0. The fourth-order valence-electron chi connectivity index (χ4n) is 4.35. The van der Waals surface area contributed by atoms with Crippen LogP contribution in [-0.2, 0) is 9.59 Å². The summed E-state index contributed by atoms with van der Waals surface area (Å²) >= 11 is 6.08. The molecule has 0 amide bonds. The van der Waals surface area contributed by atoms with Crippen LogP contribution in [-0.4, -0.2) is 16.6 Å². The fraction of sp³-hybridized carbons (Fsp3) is 0.304. The third-order valence-electron chi connectivity index (χ3n) is 5.52. The highest BCUT2D eigenvalue weighted by molar-refractivity contribution is 6.30. The van der Waals surface area contributed by atoms with Crippen molar-refractivity contribution in [2.75, 3.05) is 0 Å². The fourth-order valence-corrected chi connectivity index (χ4v) is 4.48. The molecular weight excluding hydrogens is 358 g/mol. The zero-order valence-corrected chi connectivity index (χ0v) is 16.2. The molecule has 138 valence electrons. The number of carbonyl (C=O) groups excluding carboxylic acids is 2. The van der Waals surface area contributed by atoms with Crippen LogP contribution < -0.4 is 0 Å². The van der Waals surface area contributed by atoms with Crippen molar-refractivity contribution in [2.45, 2.75) is 32.6 Å². The summed E-state index contributed by atoms with van der Waals surface area (Å²) in [6, 6.07) is 15.5. The van der Waals surface area contributed by atoms with Gasteiger partial charge in [0.1, 0.15) is 11.6 Å². The number of Topliss-reactive ketones (excluding diaryl/α,β-unsaturated/α-hetero) is 2. The van der Waals surface area contributed by atoms with Gasteiger partial charge in [-0.1, -0.05) is 55.8 Å². The number of nitrogens with one attached hydrogen (secondary N) is 1. The normalized spacial score (nSPS) is 18.8. The Kier molecular flexibility index (Phi) is 4.43. The summed E-state index contributed by atoms with van der Waals surface area (Å²) in [5, 5.41) is 1.68. The minimum atomic E-state index is -0.654. The number of hydrogen-bond acceptors (Lipinski definition) is 2. The van der Waals surface area contributed by atoms with Crippen molar-refractivity contribution in [1.29, 1.82) is 0 Å². The van der Waals surface area contributed by atoms with E-state index in [2.05, 4.69) is 4.98 Å². The molecule has 0 aliphatic heterocycles. The van der Waals surface area contributed by atoms with E-state index < -0.39 is 5.92 Å². The maximum atomic E-state index is 13.1. The quantitative estimate of drug-likeness (QED) is 0.608. The highest BCUT2D eigenvalue weighted by Gasteiger charge is 2.44. The number of fused-ring (bicyclic) bond motifs is 1. The van der Waals surface area contributed by atoms with Gasteiger partial charge in [-0.3, -0.25) is 9.59 Å². The number of H-pyrrole nitrogens is 1. The predicted molar refractivity (Wildman–Crippen MR) is 108 cm³/mol. The molecule has 0 radical (unpaired) electrons. The highest BCUT2D eigenvalue weighted by Crippen LogP contribution is 2.44. The van der Waals surface area contributed by atoms with E-state index in [1.165, 1.54) is 0 Å². The molecule has 4 rings (SSSR count). The van der Waals surface area contributed by atoms with E-state index in [0.29, 0.717) is 17.9 Å². The van der Waals surface area contributed by atoms with Crippen LogP contribution in [0.25, 0.3) is 10.9 Å². The Balaban J connectivity index is 1.88. The van der Waals surface area contributed by atoms with Crippen molar-refractivity contribution in [2.24, 2.45) is 11.3 Å². The van der Waals surface area contributed by atoms with E-state index in [4.69, 9.17) is 11.6 Å². The van der Waals surface area contributed by atoms with Crippen LogP contribution >= 0.6 is 11.6 Å². The molecule has 1 aromatic heterocycles. The molecule has 0 bridgehead atoms. The van der Waals surface area contributed by atoms with E-state index >= 15 is 0 Å². The van der Waals surface area contributed by atoms with Gasteiger partial charge in [-0.2, -0.15) is 0 Å². The largest absolute Gasteiger partial charge is 0.361 e. The van der Waals surface area contributed by atoms with Crippen LogP contribution in [0.3, 0.4) is 0 Å². The van der Waals surface area contributed by atoms with Crippen LogP contribution in [0.1, 0.15) is 43.7 Å². The van der Waals surface area contributed by atoms with Gasteiger partial charge >= 0.3 is 0 Å². The smallest absolute Gasteiger partial charge is 0.144 e. The van der Waals surface area contributed by atoms with Crippen LogP contribution in [0.4, 0.5) is 0 Å². The van der Waals surface area contributed by atoms with Gasteiger partial charge in [0.05, 0.1) is 5.92 Å². The molecule has 4 heteroatoms. The molecule has 1 saturated carbocycles. The molecule has 1 fully saturated rings. The third kappa shape index (κ3) is 3.32. The lowest BCUT2D eigenvalue weighted by Gasteiger charge is -2.36. The summed E-state index contributed by atoms with van der Waals surface area (Å²) in [6.07, 6.45) is 2.79. The number of carbonyl (C=O) groups is 2. The summed E-state index contributed by atoms with van der Waals surface area (Å²) in [5.74, 6) is -0.907. The number of aromatic nitrogens is 1. The van der Waals surface area contributed by atoms with Crippen molar-refractivity contribution < 1.29 is 9.59 Å². The third-order valence-corrected chi connectivity index (χ3v) is 5.77. The van der Waals surface area contributed by atoms with Gasteiger partial charge in [-0.25, -0.2) is 0 Å². The standard InChI is InChI=1S/C23H22ClNO2/c1-23(2)11-19(26)22(20(27)12-23)21(14-7-9-15(24)10-8-14)17-13-25-18-6-4-3-5-16(17)18/h3-10,13,21-22,25H,11-12H2,1-2H3. The number of halogens is 1. The Morgan fingerprint density at radius 2 is 1.63 bits per heavy atom. The first kappa shape index (κ1) is 18.0. The van der Waals surface area contributed by atoms with Gasteiger partial charge in [0.15, 0.2) is 0 Å². The van der Waals surface area contributed by atoms with E-state index in [1.54, 1.807) is 0 Å². The minimum Gasteiger partial charge on any atom is -0.361 e. The Hall–Kier alpha value is -2.39. The first-order valence-electron chi connectivity index (χ1n) is 9.23. The van der Waals surface area contributed by atoms with E-state index in [1.807, 2.05) is 68.6 Å². The second kappa shape index (κ2) is 6.65. The first-order chi connectivity index (χ1) is 12.9. The topological polar surface area (TPSA) is 49.9 Å². The van der Waals surface area contributed by atoms with Crippen molar-refractivity contribution in [1.82, 2.24) is 4.98 Å². The molecule has 3 nitrogen and oxygen atoms in total. The van der Waals surface area contributed by atoms with Gasteiger partial charge in [0, 0.05) is 40.9 Å². The van der Waals surface area contributed by atoms with Crippen LogP contribution in [0, 0.1) is 11.3 Å². The summed E-state index contributed by atoms with van der Waals surface area (Å²) in [7, 11) is 0. The Morgan fingerprint density at radius 3 is 2.30 bits per heavy atom. The zero-order valence-electron chi connectivity index (χ0n) is 15.5. The second-order valence-electron chi connectivity index (χ2n) is 8.25. The van der Waals surface area contributed by atoms with Crippen LogP contribution in [0.15, 0.2) is 54.7 Å². The van der Waals surface area contributed by atoms with Crippen molar-refractivity contribution in [3.63, 3.8) is 0 Å². The highest BCUT2D eigenvalue weighted by atomic mass is 35.5. The van der Waals surface area contributed by atoms with Gasteiger partial charge in [0.25, 0.3) is 0 Å². The first-order valence-corrected chi connectivity index (χ1v) is 9.60. The lowest BCUT2D eigenvalue weighted by molar-refractivity contribution is -0.140. The predicted octanol–water partition coefficient (Wildman–Crippen LogP) is 5.53. The number of rotatable bonds is 3. The Morgan fingerprint density at radius 1 is 1.00 bits per heavy atom. The number of para-hydroxylation sites is 1. The van der Waals surface area contributed by atoms with Gasteiger partial charge in [-0.05, 0) is 34.7 Å². The molecule has 1 aliphatic rings. The minimum absolute atomic E-state index is 0.0291. The molecule has 1 aliphatic carbocycles. The molecule has 1 N–H and O–H groups in total. The summed E-state index contributed by atoms with van der Waals surface area (Å²) in [4.78, 5) is 29.4. The number of aromatic amines is 1. The molecule has 27 heavy (non-hydrogen) atoms. The number of hydrogen-bond donors (Lipinski definition) is 1. The Labute approximate surface area is 163 Å². The van der Waals surface area contributed by atoms with Gasteiger partial charge in [-0.15, -0.1) is 0 Å². The van der Waals surface area contributed by atoms with Crippen molar-refractivity contribution in [3.8, 4) is 0 Å². The summed E-state index contributed by atoms with van der Waals surface area (Å²) in [6.45, 7) is 3.98. The van der Waals surface area contributed by atoms with E-state index in [-0.39, 0.29) is 22.9 Å². The molecule has 1 atom stereocenters. The van der Waals surface area contributed by atoms with Crippen LogP contribution in [0.5, 0.6) is 0 Å². The van der Waals surface area contributed by atoms with Crippen LogP contribution in [0.2, 0.25) is 5.02 Å². The van der Waals surface area contributed by atoms with Gasteiger partial charge < -0.3 is 4.98 Å². The number of benzene rings is 2. The number of ketones is 2. The second-order valence-corrected chi connectivity index (χ2v) is 8.68. The monoisotopic (exact) mass is 379 g/mol. The molecule has 0 saturated heterocycles. The molecule has 2 aromatic carbocycles. The molecule has 1 unspecified atom stereocenters. The SMILES string of the molecule is CC1(C)CC(=O)C(C(c2ccc(Cl)cc2)c2c[nH]c3ccccc23)C(=O)C1. The van der Waals surface area contributed by atoms with Gasteiger partial charge in [0.2, 0.25) is 0 Å². The maximum absolute atomic E-state index is 13.1. The van der Waals surface area contributed by atoms with Crippen molar-refractivity contribution >= 4 is 34.1 Å². The molecule has 1 heterocycles.